The number of imidazole rings is 1. The van der Waals surface area contributed by atoms with Crippen molar-refractivity contribution in [2.75, 3.05) is 0 Å². The van der Waals surface area contributed by atoms with Gasteiger partial charge in [0.15, 0.2) is 0 Å². The number of nitrogens with one attached hydrogen (secondary N) is 1. The first kappa shape index (κ1) is 10.4. The molecule has 3 rings (SSSR count). The van der Waals surface area contributed by atoms with Crippen molar-refractivity contribution in [3.63, 3.8) is 0 Å². The average molecular weight is 245 g/mol. The summed E-state index contributed by atoms with van der Waals surface area (Å²) >= 11 is 1.55. The van der Waals surface area contributed by atoms with Crippen LogP contribution >= 0.6 is 11.3 Å². The second-order valence-corrected chi connectivity index (χ2v) is 4.78. The Kier molecular flexibility index (Phi) is 2.58. The third-order valence-electron chi connectivity index (χ3n) is 2.49. The summed E-state index contributed by atoms with van der Waals surface area (Å²) in [6.07, 6.45) is 5.91. The standard InChI is InChI=1S/C11H11N5S/c12-8(4-7-5-13-6-15-7)10-16-9-2-1-3-14-11(9)17-10/h1-3,5-6,8H,4,12H2,(H,13,15). The van der Waals surface area contributed by atoms with E-state index in [-0.39, 0.29) is 6.04 Å². The molecule has 0 fully saturated rings. The van der Waals surface area contributed by atoms with Gasteiger partial charge in [-0.1, -0.05) is 11.3 Å². The zero-order chi connectivity index (χ0) is 11.7. The molecule has 17 heavy (non-hydrogen) atoms. The molecule has 6 heteroatoms. The van der Waals surface area contributed by atoms with Crippen molar-refractivity contribution in [2.45, 2.75) is 12.5 Å². The van der Waals surface area contributed by atoms with E-state index < -0.39 is 0 Å². The van der Waals surface area contributed by atoms with Crippen molar-refractivity contribution in [3.8, 4) is 0 Å². The molecule has 0 aliphatic carbocycles. The highest BCUT2D eigenvalue weighted by Gasteiger charge is 2.13. The highest BCUT2D eigenvalue weighted by atomic mass is 32.1. The fourth-order valence-corrected chi connectivity index (χ4v) is 2.57. The van der Waals surface area contributed by atoms with E-state index in [1.54, 1.807) is 30.1 Å². The van der Waals surface area contributed by atoms with Gasteiger partial charge in [-0.3, -0.25) is 0 Å². The van der Waals surface area contributed by atoms with Crippen molar-refractivity contribution in [2.24, 2.45) is 5.73 Å². The Morgan fingerprint density at radius 3 is 3.18 bits per heavy atom. The predicted octanol–water partition coefficient (Wildman–Crippen LogP) is 1.66. The molecule has 3 aromatic rings. The van der Waals surface area contributed by atoms with Crippen molar-refractivity contribution < 1.29 is 0 Å². The van der Waals surface area contributed by atoms with Crippen LogP contribution in [0.3, 0.4) is 0 Å². The van der Waals surface area contributed by atoms with Gasteiger partial charge < -0.3 is 10.7 Å². The highest BCUT2D eigenvalue weighted by molar-refractivity contribution is 7.18. The summed E-state index contributed by atoms with van der Waals surface area (Å²) in [5, 5.41) is 0.910. The molecular weight excluding hydrogens is 234 g/mol. The summed E-state index contributed by atoms with van der Waals surface area (Å²) in [6.45, 7) is 0. The van der Waals surface area contributed by atoms with E-state index in [1.807, 2.05) is 12.1 Å². The van der Waals surface area contributed by atoms with Crippen LogP contribution in [0.2, 0.25) is 0 Å². The molecule has 3 aromatic heterocycles. The largest absolute Gasteiger partial charge is 0.348 e. The van der Waals surface area contributed by atoms with E-state index in [9.17, 15) is 0 Å². The van der Waals surface area contributed by atoms with Gasteiger partial charge in [0, 0.05) is 24.5 Å². The third-order valence-corrected chi connectivity index (χ3v) is 3.61. The molecule has 0 saturated carbocycles. The topological polar surface area (TPSA) is 80.5 Å². The van der Waals surface area contributed by atoms with E-state index >= 15 is 0 Å². The fourth-order valence-electron chi connectivity index (χ4n) is 1.67. The van der Waals surface area contributed by atoms with Crippen LogP contribution < -0.4 is 5.73 Å². The first-order valence-corrected chi connectivity index (χ1v) is 6.09. The summed E-state index contributed by atoms with van der Waals surface area (Å²) in [7, 11) is 0. The fraction of sp³-hybridized carbons (Fsp3) is 0.182. The molecule has 1 atom stereocenters. The SMILES string of the molecule is NC(Cc1cnc[nH]1)c1nc2cccnc2s1. The number of aromatic nitrogens is 4. The lowest BCUT2D eigenvalue weighted by Gasteiger charge is -2.05. The van der Waals surface area contributed by atoms with E-state index in [1.165, 1.54) is 0 Å². The van der Waals surface area contributed by atoms with Gasteiger partial charge >= 0.3 is 0 Å². The van der Waals surface area contributed by atoms with Crippen molar-refractivity contribution in [1.82, 2.24) is 19.9 Å². The van der Waals surface area contributed by atoms with E-state index in [0.717, 1.165) is 21.0 Å². The maximum absolute atomic E-state index is 6.12. The molecule has 0 amide bonds. The molecule has 1 unspecified atom stereocenters. The minimum absolute atomic E-state index is 0.116. The first-order valence-electron chi connectivity index (χ1n) is 5.27. The van der Waals surface area contributed by atoms with E-state index in [4.69, 9.17) is 5.73 Å². The molecule has 5 nitrogen and oxygen atoms in total. The van der Waals surface area contributed by atoms with Gasteiger partial charge in [0.2, 0.25) is 0 Å². The molecule has 3 N–H and O–H groups in total. The minimum atomic E-state index is -0.116. The number of nitrogens with two attached hydrogens (primary N) is 1. The zero-order valence-electron chi connectivity index (χ0n) is 9.00. The molecule has 0 spiro atoms. The summed E-state index contributed by atoms with van der Waals surface area (Å²) in [5.74, 6) is 0. The Morgan fingerprint density at radius 1 is 1.47 bits per heavy atom. The molecule has 86 valence electrons. The van der Waals surface area contributed by atoms with Crippen LogP contribution in [0.1, 0.15) is 16.7 Å². The monoisotopic (exact) mass is 245 g/mol. The number of hydrogen-bond acceptors (Lipinski definition) is 5. The Hall–Kier alpha value is -1.79. The lowest BCUT2D eigenvalue weighted by molar-refractivity contribution is 0.705. The number of pyridine rings is 1. The molecule has 0 saturated heterocycles. The number of H-pyrrole nitrogens is 1. The smallest absolute Gasteiger partial charge is 0.143 e. The number of nitrogens with zero attached hydrogens (tertiary/aromatic N) is 3. The maximum Gasteiger partial charge on any atom is 0.143 e. The van der Waals surface area contributed by atoms with Crippen LogP contribution in [0.4, 0.5) is 0 Å². The summed E-state index contributed by atoms with van der Waals surface area (Å²) in [5.41, 5.74) is 8.05. The van der Waals surface area contributed by atoms with Gasteiger partial charge in [0.05, 0.1) is 12.4 Å². The molecule has 3 heterocycles. The average Bonchev–Trinajstić information content (AvgIpc) is 2.96. The molecule has 0 bridgehead atoms. The molecule has 0 aliphatic rings. The second kappa shape index (κ2) is 4.23. The van der Waals surface area contributed by atoms with Crippen LogP contribution in [0.15, 0.2) is 30.9 Å². The van der Waals surface area contributed by atoms with Crippen molar-refractivity contribution in [3.05, 3.63) is 41.6 Å². The van der Waals surface area contributed by atoms with Gasteiger partial charge in [-0.05, 0) is 12.1 Å². The van der Waals surface area contributed by atoms with Crippen LogP contribution in [-0.4, -0.2) is 19.9 Å². The van der Waals surface area contributed by atoms with Gasteiger partial charge in [0.25, 0.3) is 0 Å². The number of thiazole rings is 1. The normalized spacial score (nSPS) is 13.0. The lowest BCUT2D eigenvalue weighted by Crippen LogP contribution is -2.13. The van der Waals surface area contributed by atoms with Crippen molar-refractivity contribution >= 4 is 21.7 Å². The number of aromatic amines is 1. The second-order valence-electron chi connectivity index (χ2n) is 3.77. The summed E-state index contributed by atoms with van der Waals surface area (Å²) in [4.78, 5) is 16.7. The number of rotatable bonds is 3. The Labute approximate surface area is 102 Å². The van der Waals surface area contributed by atoms with Crippen LogP contribution in [0.25, 0.3) is 10.3 Å². The Bertz CT molecular complexity index is 583. The Balaban J connectivity index is 1.88. The molecule has 0 aromatic carbocycles. The van der Waals surface area contributed by atoms with E-state index in [2.05, 4.69) is 19.9 Å². The van der Waals surface area contributed by atoms with Crippen LogP contribution in [-0.2, 0) is 6.42 Å². The number of hydrogen-bond donors (Lipinski definition) is 2. The molecule has 0 radical (unpaired) electrons. The summed E-state index contributed by atoms with van der Waals surface area (Å²) < 4.78 is 0. The highest BCUT2D eigenvalue weighted by Crippen LogP contribution is 2.24. The van der Waals surface area contributed by atoms with Gasteiger partial charge in [-0.2, -0.15) is 0 Å². The first-order chi connectivity index (χ1) is 8.33. The Morgan fingerprint density at radius 2 is 2.41 bits per heavy atom. The van der Waals surface area contributed by atoms with Gasteiger partial charge in [-0.25, -0.2) is 15.0 Å². The molecular formula is C11H11N5S. The lowest BCUT2D eigenvalue weighted by atomic mass is 10.2. The maximum atomic E-state index is 6.12. The molecule has 0 aliphatic heterocycles. The van der Waals surface area contributed by atoms with Crippen LogP contribution in [0.5, 0.6) is 0 Å². The van der Waals surface area contributed by atoms with E-state index in [0.29, 0.717) is 6.42 Å². The predicted molar refractivity (Wildman–Crippen MR) is 66.6 cm³/mol. The third kappa shape index (κ3) is 2.04. The van der Waals surface area contributed by atoms with Crippen LogP contribution in [0, 0.1) is 0 Å². The zero-order valence-corrected chi connectivity index (χ0v) is 9.81. The van der Waals surface area contributed by atoms with Gasteiger partial charge in [-0.15, -0.1) is 0 Å². The minimum Gasteiger partial charge on any atom is -0.348 e. The summed E-state index contributed by atoms with van der Waals surface area (Å²) in [6, 6.07) is 3.71. The quantitative estimate of drug-likeness (QED) is 0.735. The van der Waals surface area contributed by atoms with Gasteiger partial charge in [0.1, 0.15) is 15.4 Å². The van der Waals surface area contributed by atoms with Crippen molar-refractivity contribution in [1.29, 1.82) is 0 Å². The number of fused-ring (bicyclic) bond motifs is 1.